The van der Waals surface area contributed by atoms with E-state index in [1.165, 1.54) is 73.2 Å². The summed E-state index contributed by atoms with van der Waals surface area (Å²) >= 11 is 0. The number of aryl methyl sites for hydroxylation is 1. The Hall–Kier alpha value is -1.61. The van der Waals surface area contributed by atoms with Crippen molar-refractivity contribution in [3.63, 3.8) is 0 Å². The topological polar surface area (TPSA) is 30.6 Å². The van der Waals surface area contributed by atoms with Crippen molar-refractivity contribution < 1.29 is 9.88 Å². The van der Waals surface area contributed by atoms with Gasteiger partial charge in [-0.1, -0.05) is 12.1 Å². The molecule has 1 aromatic heterocycles. The predicted molar refractivity (Wildman–Crippen MR) is 92.5 cm³/mol. The van der Waals surface area contributed by atoms with Crippen LogP contribution in [-0.2, 0) is 12.8 Å². The molecule has 118 valence electrons. The van der Waals surface area contributed by atoms with E-state index in [0.29, 0.717) is 0 Å². The van der Waals surface area contributed by atoms with Gasteiger partial charge in [-0.25, -0.2) is 4.98 Å². The Balaban J connectivity index is 1.75. The predicted octanol–water partition coefficient (Wildman–Crippen LogP) is 1.87. The van der Waals surface area contributed by atoms with Gasteiger partial charge in [-0.3, -0.25) is 0 Å². The van der Waals surface area contributed by atoms with E-state index in [2.05, 4.69) is 48.4 Å². The van der Waals surface area contributed by atoms with Crippen LogP contribution in [0, 0.1) is 0 Å². The first-order chi connectivity index (χ1) is 10.8. The molecule has 0 radical (unpaired) electrons. The van der Waals surface area contributed by atoms with Crippen LogP contribution in [-0.4, -0.2) is 26.2 Å². The number of rotatable bonds is 7. The zero-order valence-electron chi connectivity index (χ0n) is 14.0. The van der Waals surface area contributed by atoms with Gasteiger partial charge in [0.2, 0.25) is 5.52 Å². The molecular weight excluding hydrogens is 270 g/mol. The first kappa shape index (κ1) is 15.3. The van der Waals surface area contributed by atoms with Crippen molar-refractivity contribution in [2.75, 3.05) is 31.5 Å². The van der Waals surface area contributed by atoms with E-state index < -0.39 is 0 Å². The van der Waals surface area contributed by atoms with Crippen LogP contribution in [0.25, 0.3) is 10.9 Å². The lowest BCUT2D eigenvalue weighted by molar-refractivity contribution is -0.896. The van der Waals surface area contributed by atoms with Gasteiger partial charge in [0, 0.05) is 31.0 Å². The SMILES string of the molecule is CC[NH+](CC)CCCNc1c2c([nH+]c3ccccc13)CCC2. The lowest BCUT2D eigenvalue weighted by Crippen LogP contribution is -3.11. The fourth-order valence-corrected chi connectivity index (χ4v) is 3.65. The van der Waals surface area contributed by atoms with Gasteiger partial charge in [0.25, 0.3) is 0 Å². The lowest BCUT2D eigenvalue weighted by Gasteiger charge is -2.16. The van der Waals surface area contributed by atoms with Gasteiger partial charge in [0.1, 0.15) is 0 Å². The molecule has 1 aromatic carbocycles. The molecular formula is C19H29N3+2. The molecule has 0 bridgehead atoms. The lowest BCUT2D eigenvalue weighted by atomic mass is 10.1. The third-order valence-corrected chi connectivity index (χ3v) is 5.01. The highest BCUT2D eigenvalue weighted by Gasteiger charge is 2.24. The van der Waals surface area contributed by atoms with E-state index in [1.807, 2.05) is 0 Å². The summed E-state index contributed by atoms with van der Waals surface area (Å²) in [5.41, 5.74) is 5.61. The van der Waals surface area contributed by atoms with Crippen LogP contribution in [0.1, 0.15) is 37.9 Å². The van der Waals surface area contributed by atoms with Crippen molar-refractivity contribution in [3.05, 3.63) is 35.5 Å². The number of benzene rings is 1. The number of aromatic amines is 1. The molecule has 1 heterocycles. The van der Waals surface area contributed by atoms with Crippen LogP contribution in [0.15, 0.2) is 24.3 Å². The van der Waals surface area contributed by atoms with Crippen LogP contribution < -0.4 is 15.2 Å². The zero-order chi connectivity index (χ0) is 15.4. The van der Waals surface area contributed by atoms with Crippen molar-refractivity contribution >= 4 is 16.6 Å². The normalized spacial score (nSPS) is 13.8. The Morgan fingerprint density at radius 2 is 1.95 bits per heavy atom. The minimum Gasteiger partial charge on any atom is -0.384 e. The molecule has 22 heavy (non-hydrogen) atoms. The Bertz CT molecular complexity index is 632. The minimum absolute atomic E-state index is 1.07. The first-order valence-electron chi connectivity index (χ1n) is 8.86. The summed E-state index contributed by atoms with van der Waals surface area (Å²) < 4.78 is 0. The van der Waals surface area contributed by atoms with E-state index in [9.17, 15) is 0 Å². The summed E-state index contributed by atoms with van der Waals surface area (Å²) in [5.74, 6) is 0. The molecule has 0 spiro atoms. The second kappa shape index (κ2) is 7.10. The second-order valence-corrected chi connectivity index (χ2v) is 6.34. The Morgan fingerprint density at radius 1 is 1.14 bits per heavy atom. The fourth-order valence-electron chi connectivity index (χ4n) is 3.65. The van der Waals surface area contributed by atoms with Gasteiger partial charge >= 0.3 is 0 Å². The zero-order valence-corrected chi connectivity index (χ0v) is 14.0. The number of pyridine rings is 1. The van der Waals surface area contributed by atoms with Gasteiger partial charge in [0.15, 0.2) is 5.69 Å². The molecule has 3 heteroatoms. The summed E-state index contributed by atoms with van der Waals surface area (Å²) in [4.78, 5) is 5.32. The van der Waals surface area contributed by atoms with Gasteiger partial charge in [-0.05, 0) is 32.8 Å². The standard InChI is InChI=1S/C19H27N3/c1-3-22(4-2)14-8-13-20-19-15-9-5-6-11-17(15)21-18-12-7-10-16(18)19/h5-6,9,11H,3-4,7-8,10,12-14H2,1-2H3,(H,20,21)/p+2. The smallest absolute Gasteiger partial charge is 0.213 e. The molecule has 0 fully saturated rings. The quantitative estimate of drug-likeness (QED) is 0.751. The average Bonchev–Trinajstić information content (AvgIpc) is 3.02. The van der Waals surface area contributed by atoms with Crippen LogP contribution >= 0.6 is 0 Å². The van der Waals surface area contributed by atoms with Crippen LogP contribution in [0.4, 0.5) is 5.69 Å². The van der Waals surface area contributed by atoms with Crippen LogP contribution in [0.5, 0.6) is 0 Å². The highest BCUT2D eigenvalue weighted by Crippen LogP contribution is 2.31. The van der Waals surface area contributed by atoms with Crippen molar-refractivity contribution in [1.82, 2.24) is 0 Å². The molecule has 0 aliphatic heterocycles. The third-order valence-electron chi connectivity index (χ3n) is 5.01. The number of quaternary nitrogens is 1. The third kappa shape index (κ3) is 3.09. The maximum atomic E-state index is 3.76. The molecule has 1 aliphatic rings. The highest BCUT2D eigenvalue weighted by atomic mass is 15.1. The number of hydrogen-bond acceptors (Lipinski definition) is 1. The van der Waals surface area contributed by atoms with Gasteiger partial charge in [-0.15, -0.1) is 0 Å². The molecule has 3 rings (SSSR count). The van der Waals surface area contributed by atoms with Gasteiger partial charge in [0.05, 0.1) is 30.7 Å². The number of hydrogen-bond donors (Lipinski definition) is 2. The Labute approximate surface area is 133 Å². The summed E-state index contributed by atoms with van der Waals surface area (Å²) in [6.07, 6.45) is 4.91. The van der Waals surface area contributed by atoms with E-state index in [1.54, 1.807) is 4.90 Å². The first-order valence-corrected chi connectivity index (χ1v) is 8.86. The monoisotopic (exact) mass is 299 g/mol. The molecule has 0 saturated heterocycles. The van der Waals surface area contributed by atoms with Crippen LogP contribution in [0.2, 0.25) is 0 Å². The average molecular weight is 299 g/mol. The molecule has 1 aliphatic carbocycles. The maximum Gasteiger partial charge on any atom is 0.213 e. The van der Waals surface area contributed by atoms with Gasteiger partial charge in [-0.2, -0.15) is 0 Å². The van der Waals surface area contributed by atoms with Crippen molar-refractivity contribution in [3.8, 4) is 0 Å². The van der Waals surface area contributed by atoms with Gasteiger partial charge < -0.3 is 10.2 Å². The number of anilines is 1. The number of para-hydroxylation sites is 1. The Morgan fingerprint density at radius 3 is 2.77 bits per heavy atom. The van der Waals surface area contributed by atoms with E-state index in [4.69, 9.17) is 0 Å². The number of nitrogens with one attached hydrogen (secondary N) is 3. The largest absolute Gasteiger partial charge is 0.384 e. The molecule has 0 unspecified atom stereocenters. The van der Waals surface area contributed by atoms with Crippen molar-refractivity contribution in [2.24, 2.45) is 0 Å². The summed E-state index contributed by atoms with van der Waals surface area (Å²) in [6.45, 7) is 9.35. The van der Waals surface area contributed by atoms with E-state index in [-0.39, 0.29) is 0 Å². The maximum absolute atomic E-state index is 3.76. The summed E-state index contributed by atoms with van der Waals surface area (Å²) in [6, 6.07) is 8.69. The number of aromatic nitrogens is 1. The summed E-state index contributed by atoms with van der Waals surface area (Å²) in [5, 5.41) is 5.10. The van der Waals surface area contributed by atoms with Crippen molar-refractivity contribution in [1.29, 1.82) is 0 Å². The van der Waals surface area contributed by atoms with E-state index in [0.717, 1.165) is 6.54 Å². The second-order valence-electron chi connectivity index (χ2n) is 6.34. The molecule has 0 amide bonds. The Kier molecular flexibility index (Phi) is 4.94. The molecule has 3 nitrogen and oxygen atoms in total. The molecule has 2 aromatic rings. The highest BCUT2D eigenvalue weighted by molar-refractivity contribution is 5.91. The summed E-state index contributed by atoms with van der Waals surface area (Å²) in [7, 11) is 0. The fraction of sp³-hybridized carbons (Fsp3) is 0.526. The molecule has 0 saturated carbocycles. The number of fused-ring (bicyclic) bond motifs is 2. The van der Waals surface area contributed by atoms with Crippen LogP contribution in [0.3, 0.4) is 0 Å². The number of H-pyrrole nitrogens is 1. The minimum atomic E-state index is 1.07. The molecule has 0 atom stereocenters. The molecule has 3 N–H and O–H groups in total. The van der Waals surface area contributed by atoms with E-state index >= 15 is 0 Å². The van der Waals surface area contributed by atoms with Crippen molar-refractivity contribution in [2.45, 2.75) is 39.5 Å².